The maximum Gasteiger partial charge on any atom is 0.254 e. The average Bonchev–Trinajstić information content (AvgIpc) is 2.78. The van der Waals surface area contributed by atoms with E-state index in [1.165, 1.54) is 47.3 Å². The Kier molecular flexibility index (Phi) is 7.52. The van der Waals surface area contributed by atoms with Gasteiger partial charge < -0.3 is 9.88 Å². The second kappa shape index (κ2) is 9.97. The molecule has 1 aromatic carbocycles. The molecule has 32 heavy (non-hydrogen) atoms. The van der Waals surface area contributed by atoms with Crippen LogP contribution in [0.25, 0.3) is 0 Å². The number of piperazine rings is 1. The number of carbonyl (C=O) groups is 2. The number of amides is 1. The number of aromatic nitrogens is 2. The minimum atomic E-state index is -3.70. The van der Waals surface area contributed by atoms with Crippen molar-refractivity contribution in [1.82, 2.24) is 19.2 Å². The smallest absolute Gasteiger partial charge is 0.254 e. The lowest BCUT2D eigenvalue weighted by molar-refractivity contribution is -0.132. The van der Waals surface area contributed by atoms with Crippen LogP contribution in [0.5, 0.6) is 0 Å². The van der Waals surface area contributed by atoms with Gasteiger partial charge in [-0.1, -0.05) is 23.9 Å². The van der Waals surface area contributed by atoms with Gasteiger partial charge in [-0.25, -0.2) is 13.4 Å². The zero-order chi connectivity index (χ0) is 23.5. The lowest BCUT2D eigenvalue weighted by atomic mass is 10.1. The van der Waals surface area contributed by atoms with E-state index in [1.807, 2.05) is 6.26 Å². The second-order valence-electron chi connectivity index (χ2n) is 7.50. The van der Waals surface area contributed by atoms with Crippen LogP contribution in [0.4, 0.5) is 0 Å². The van der Waals surface area contributed by atoms with Crippen LogP contribution in [-0.2, 0) is 21.2 Å². The molecule has 1 amide bonds. The van der Waals surface area contributed by atoms with E-state index in [9.17, 15) is 22.8 Å². The van der Waals surface area contributed by atoms with Crippen molar-refractivity contribution in [2.24, 2.45) is 0 Å². The summed E-state index contributed by atoms with van der Waals surface area (Å²) in [7, 11) is -3.70. The molecule has 0 unspecified atom stereocenters. The first-order chi connectivity index (χ1) is 15.1. The Labute approximate surface area is 191 Å². The summed E-state index contributed by atoms with van der Waals surface area (Å²) < 4.78 is 27.1. The van der Waals surface area contributed by atoms with E-state index in [1.54, 1.807) is 11.8 Å². The molecule has 0 bridgehead atoms. The van der Waals surface area contributed by atoms with Crippen molar-refractivity contribution in [3.05, 3.63) is 51.4 Å². The van der Waals surface area contributed by atoms with E-state index in [0.29, 0.717) is 22.0 Å². The number of hydrogen-bond acceptors (Lipinski definition) is 7. The number of aromatic amines is 1. The Bertz CT molecular complexity index is 1170. The summed E-state index contributed by atoms with van der Waals surface area (Å²) in [6.45, 7) is 4.11. The van der Waals surface area contributed by atoms with Crippen LogP contribution in [0.2, 0.25) is 0 Å². The molecule has 0 spiro atoms. The third-order valence-corrected chi connectivity index (χ3v) is 7.97. The molecule has 0 saturated carbocycles. The van der Waals surface area contributed by atoms with Gasteiger partial charge in [0.25, 0.3) is 5.56 Å². The molecule has 1 aromatic heterocycles. The Morgan fingerprint density at radius 3 is 2.28 bits per heavy atom. The van der Waals surface area contributed by atoms with Crippen molar-refractivity contribution >= 4 is 33.5 Å². The lowest BCUT2D eigenvalue weighted by Gasteiger charge is -2.34. The molecule has 172 valence electrons. The number of carbonyl (C=O) groups excluding carboxylic acids is 2. The highest BCUT2D eigenvalue weighted by Gasteiger charge is 2.30. The van der Waals surface area contributed by atoms with Crippen LogP contribution in [0, 0.1) is 6.92 Å². The molecule has 0 atom stereocenters. The van der Waals surface area contributed by atoms with Crippen molar-refractivity contribution in [2.75, 3.05) is 32.4 Å². The minimum absolute atomic E-state index is 0.123. The highest BCUT2D eigenvalue weighted by molar-refractivity contribution is 7.98. The molecule has 1 saturated heterocycles. The molecular weight excluding hydrogens is 452 g/mol. The number of aryl methyl sites for hydroxylation is 1. The molecule has 1 aliphatic heterocycles. The third kappa shape index (κ3) is 5.28. The summed E-state index contributed by atoms with van der Waals surface area (Å²) >= 11 is 1.34. The number of benzene rings is 1. The van der Waals surface area contributed by atoms with Gasteiger partial charge in [-0.15, -0.1) is 0 Å². The molecule has 11 heteroatoms. The lowest BCUT2D eigenvalue weighted by Crippen LogP contribution is -2.50. The van der Waals surface area contributed by atoms with Gasteiger partial charge in [0.1, 0.15) is 0 Å². The normalized spacial score (nSPS) is 15.0. The number of sulfonamides is 1. The van der Waals surface area contributed by atoms with Gasteiger partial charge in [-0.3, -0.25) is 14.4 Å². The monoisotopic (exact) mass is 478 g/mol. The van der Waals surface area contributed by atoms with Crippen LogP contribution in [0.3, 0.4) is 0 Å². The number of nitrogens with zero attached hydrogens (tertiary/aromatic N) is 3. The van der Waals surface area contributed by atoms with E-state index in [2.05, 4.69) is 9.97 Å². The van der Waals surface area contributed by atoms with Crippen LogP contribution in [0.1, 0.15) is 35.0 Å². The van der Waals surface area contributed by atoms with Crippen molar-refractivity contribution < 1.29 is 18.0 Å². The summed E-state index contributed by atoms with van der Waals surface area (Å²) in [6.07, 6.45) is 2.26. The maximum absolute atomic E-state index is 12.9. The molecule has 1 N–H and O–H groups in total. The van der Waals surface area contributed by atoms with E-state index >= 15 is 0 Å². The Hall–Kier alpha value is -2.50. The van der Waals surface area contributed by atoms with Crippen molar-refractivity contribution in [1.29, 1.82) is 0 Å². The zero-order valence-corrected chi connectivity index (χ0v) is 19.9. The summed E-state index contributed by atoms with van der Waals surface area (Å²) in [6, 6.07) is 5.86. The fourth-order valence-corrected chi connectivity index (χ4v) is 5.40. The van der Waals surface area contributed by atoms with Crippen LogP contribution < -0.4 is 5.56 Å². The van der Waals surface area contributed by atoms with Gasteiger partial charge in [-0.2, -0.15) is 4.31 Å². The Balaban J connectivity index is 1.59. The van der Waals surface area contributed by atoms with E-state index in [-0.39, 0.29) is 61.2 Å². The number of thioether (sulfide) groups is 1. The van der Waals surface area contributed by atoms with Gasteiger partial charge >= 0.3 is 0 Å². The molecule has 0 radical (unpaired) electrons. The average molecular weight is 479 g/mol. The fourth-order valence-electron chi connectivity index (χ4n) is 3.55. The topological polar surface area (TPSA) is 121 Å². The predicted molar refractivity (Wildman–Crippen MR) is 121 cm³/mol. The molecule has 2 heterocycles. The number of H-pyrrole nitrogens is 1. The van der Waals surface area contributed by atoms with Crippen molar-refractivity contribution in [2.45, 2.75) is 36.7 Å². The summed E-state index contributed by atoms with van der Waals surface area (Å²) in [4.78, 5) is 45.0. The summed E-state index contributed by atoms with van der Waals surface area (Å²) in [5.41, 5.74) is 1.32. The number of Topliss-reactive ketones (excluding diaryl/α,β-unsaturated/α-hetero) is 1. The van der Waals surface area contributed by atoms with Gasteiger partial charge in [-0.05, 0) is 38.7 Å². The second-order valence-corrected chi connectivity index (χ2v) is 10.2. The molecular formula is C21H26N4O5S2. The van der Waals surface area contributed by atoms with E-state index < -0.39 is 10.0 Å². The van der Waals surface area contributed by atoms with Crippen LogP contribution >= 0.6 is 11.8 Å². The number of nitrogens with one attached hydrogen (secondary N) is 1. The highest BCUT2D eigenvalue weighted by atomic mass is 32.2. The third-order valence-electron chi connectivity index (χ3n) is 5.47. The number of rotatable bonds is 7. The zero-order valence-electron chi connectivity index (χ0n) is 18.3. The van der Waals surface area contributed by atoms with Crippen LogP contribution in [0.15, 0.2) is 39.1 Å². The number of ketones is 1. The largest absolute Gasteiger partial charge is 0.340 e. The Morgan fingerprint density at radius 2 is 1.75 bits per heavy atom. The summed E-state index contributed by atoms with van der Waals surface area (Å²) in [5, 5.41) is 0.538. The molecule has 1 fully saturated rings. The standard InChI is InChI=1S/C21H26N4O5S2/c1-14-18(20(28)23-21(22-14)31-3)8-9-19(27)24-10-12-25(13-11-24)32(29,30)17-6-4-16(5-7-17)15(2)26/h4-7H,8-13H2,1-3H3,(H,22,23,28). The SMILES string of the molecule is CSc1nc(C)c(CCC(=O)N2CCN(S(=O)(=O)c3ccc(C(C)=O)cc3)CC2)c(=O)[nH]1. The first-order valence-electron chi connectivity index (χ1n) is 10.2. The Morgan fingerprint density at radius 1 is 1.12 bits per heavy atom. The molecule has 0 aliphatic carbocycles. The molecule has 9 nitrogen and oxygen atoms in total. The maximum atomic E-state index is 12.9. The van der Waals surface area contributed by atoms with Crippen molar-refractivity contribution in [3.63, 3.8) is 0 Å². The van der Waals surface area contributed by atoms with Gasteiger partial charge in [0.15, 0.2) is 10.9 Å². The van der Waals surface area contributed by atoms with E-state index in [0.717, 1.165) is 0 Å². The first kappa shape index (κ1) is 24.1. The minimum Gasteiger partial charge on any atom is -0.340 e. The highest BCUT2D eigenvalue weighted by Crippen LogP contribution is 2.19. The molecule has 1 aliphatic rings. The first-order valence-corrected chi connectivity index (χ1v) is 12.8. The summed E-state index contributed by atoms with van der Waals surface area (Å²) in [5.74, 6) is -0.255. The predicted octanol–water partition coefficient (Wildman–Crippen LogP) is 1.47. The van der Waals surface area contributed by atoms with E-state index in [4.69, 9.17) is 0 Å². The van der Waals surface area contributed by atoms with Gasteiger partial charge in [0.2, 0.25) is 15.9 Å². The number of hydrogen-bond donors (Lipinski definition) is 1. The van der Waals surface area contributed by atoms with Crippen molar-refractivity contribution in [3.8, 4) is 0 Å². The molecule has 2 aromatic rings. The van der Waals surface area contributed by atoms with Crippen LogP contribution in [-0.4, -0.2) is 71.7 Å². The van der Waals surface area contributed by atoms with Gasteiger partial charge in [0, 0.05) is 49.4 Å². The van der Waals surface area contributed by atoms with Gasteiger partial charge in [0.05, 0.1) is 4.90 Å². The molecule has 3 rings (SSSR count). The quantitative estimate of drug-likeness (QED) is 0.363. The fraction of sp³-hybridized carbons (Fsp3) is 0.429.